The summed E-state index contributed by atoms with van der Waals surface area (Å²) >= 11 is 0. The zero-order valence-corrected chi connectivity index (χ0v) is 51.8. The molecule has 0 saturated heterocycles. The first-order chi connectivity index (χ1) is 48.2. The molecular weight excluding hydrogens is 1190 g/mol. The third-order valence-corrected chi connectivity index (χ3v) is 19.8. The smallest absolute Gasteiger partial charge is 0.156 e. The third kappa shape index (κ3) is 7.58. The number of hydrogen-bond acceptors (Lipinski definition) is 7. The Morgan fingerprint density at radius 3 is 0.732 bits per heavy atom. The second kappa shape index (κ2) is 20.5. The van der Waals surface area contributed by atoms with E-state index in [0.29, 0.717) is 0 Å². The van der Waals surface area contributed by atoms with Crippen molar-refractivity contribution in [2.24, 2.45) is 0 Å². The fraction of sp³-hybridized carbons (Fsp3) is 0. The van der Waals surface area contributed by atoms with Crippen LogP contribution in [0.15, 0.2) is 311 Å². The van der Waals surface area contributed by atoms with Gasteiger partial charge in [0.1, 0.15) is 0 Å². The Balaban J connectivity index is 0.764. The van der Waals surface area contributed by atoms with Gasteiger partial charge in [0.25, 0.3) is 0 Å². The normalized spacial score (nSPS) is 12.1. The van der Waals surface area contributed by atoms with E-state index in [4.69, 9.17) is 15.0 Å². The fourth-order valence-corrected chi connectivity index (χ4v) is 16.0. The highest BCUT2D eigenvalue weighted by molar-refractivity contribution is 6.29. The zero-order chi connectivity index (χ0) is 63.4. The van der Waals surface area contributed by atoms with Gasteiger partial charge in [-0.25, -0.2) is 15.0 Å². The highest BCUT2D eigenvalue weighted by Gasteiger charge is 2.26. The molecule has 0 fully saturated rings. The number of benzene rings is 12. The van der Waals surface area contributed by atoms with Crippen LogP contribution in [0.1, 0.15) is 0 Å². The molecule has 0 spiro atoms. The van der Waals surface area contributed by atoms with Gasteiger partial charge in [-0.05, 0) is 127 Å². The number of hydrogen-bond donors (Lipinski definition) is 0. The average molecular weight is 1240 g/mol. The standard InChI is InChI=1S/C84H51N13/c1-7-19-67-58(13-1)61-37-40-73-79(64-16-4-10-22-70(64)95(73)76-49-85-43-46-88-76)82(61)92(67)55-31-25-52(26-32-55)91(53-27-33-56(34-28-53)93-68-20-8-2-14-59(68)62-38-41-74-80(83(62)93)65-17-5-11-23-71(65)96(74)77-50-86-44-47-89-77)54-29-35-57(36-30-54)94-69-21-9-3-15-60(69)63-39-42-75-81(84(63)94)66-18-6-12-24-72(66)97(75)78-51-87-45-48-90-78/h1-51H. The monoisotopic (exact) mass is 1240 g/mol. The maximum Gasteiger partial charge on any atom is 0.156 e. The summed E-state index contributed by atoms with van der Waals surface area (Å²) in [6.07, 6.45) is 16.0. The molecule has 0 atom stereocenters. The predicted molar refractivity (Wildman–Crippen MR) is 394 cm³/mol. The lowest BCUT2D eigenvalue weighted by atomic mass is 10.1. The van der Waals surface area contributed by atoms with Crippen molar-refractivity contribution in [3.63, 3.8) is 0 Å². The maximum atomic E-state index is 4.82. The molecule has 12 aromatic carbocycles. The Morgan fingerprint density at radius 2 is 0.464 bits per heavy atom. The number of aromatic nitrogens is 12. The highest BCUT2D eigenvalue weighted by atomic mass is 15.2. The van der Waals surface area contributed by atoms with E-state index in [-0.39, 0.29) is 0 Å². The summed E-state index contributed by atoms with van der Waals surface area (Å²) in [5.41, 5.74) is 19.3. The lowest BCUT2D eigenvalue weighted by Gasteiger charge is -2.26. The van der Waals surface area contributed by atoms with Crippen LogP contribution in [-0.2, 0) is 0 Å². The van der Waals surface area contributed by atoms with Crippen LogP contribution >= 0.6 is 0 Å². The van der Waals surface area contributed by atoms with Gasteiger partial charge >= 0.3 is 0 Å². The fourth-order valence-electron chi connectivity index (χ4n) is 16.0. The molecule has 0 aliphatic rings. The van der Waals surface area contributed by atoms with Crippen molar-refractivity contribution in [1.82, 2.24) is 57.3 Å². The van der Waals surface area contributed by atoms with Crippen LogP contribution < -0.4 is 4.90 Å². The van der Waals surface area contributed by atoms with E-state index >= 15 is 0 Å². The average Bonchev–Trinajstić information content (AvgIpc) is 1.57. The van der Waals surface area contributed by atoms with Gasteiger partial charge in [0.05, 0.1) is 84.8 Å². The van der Waals surface area contributed by atoms with Crippen LogP contribution in [0.5, 0.6) is 0 Å². The molecule has 13 heteroatoms. The van der Waals surface area contributed by atoms with Crippen molar-refractivity contribution in [2.45, 2.75) is 0 Å². The molecule has 452 valence electrons. The van der Waals surface area contributed by atoms with E-state index in [1.807, 2.05) is 18.6 Å². The molecule has 21 rings (SSSR count). The molecule has 0 radical (unpaired) electrons. The second-order valence-corrected chi connectivity index (χ2v) is 24.8. The first-order valence-electron chi connectivity index (χ1n) is 32.5. The van der Waals surface area contributed by atoms with Gasteiger partial charge in [-0.3, -0.25) is 28.7 Å². The number of anilines is 3. The van der Waals surface area contributed by atoms with Gasteiger partial charge < -0.3 is 18.6 Å². The first-order valence-corrected chi connectivity index (χ1v) is 32.5. The molecule has 0 aliphatic carbocycles. The Hall–Kier alpha value is -13.5. The van der Waals surface area contributed by atoms with Crippen molar-refractivity contribution >= 4 is 148 Å². The quantitative estimate of drug-likeness (QED) is 0.142. The minimum atomic E-state index is 0.770. The summed E-state index contributed by atoms with van der Waals surface area (Å²) in [6, 6.07) is 93.0. The molecule has 0 amide bonds. The molecule has 0 N–H and O–H groups in total. The van der Waals surface area contributed by atoms with Crippen LogP contribution in [0.25, 0.3) is 165 Å². The Bertz CT molecular complexity index is 6130. The molecule has 0 bridgehead atoms. The van der Waals surface area contributed by atoms with Gasteiger partial charge in [0.2, 0.25) is 0 Å². The van der Waals surface area contributed by atoms with Crippen LogP contribution in [-0.4, -0.2) is 57.3 Å². The van der Waals surface area contributed by atoms with Crippen molar-refractivity contribution in [2.75, 3.05) is 4.90 Å². The predicted octanol–water partition coefficient (Wildman–Crippen LogP) is 20.1. The molecule has 21 aromatic rings. The van der Waals surface area contributed by atoms with E-state index in [1.54, 1.807) is 37.2 Å². The molecule has 9 heterocycles. The Labute approximate surface area is 552 Å². The summed E-state index contributed by atoms with van der Waals surface area (Å²) < 4.78 is 14.0. The topological polar surface area (TPSA) is 110 Å². The molecular formula is C84H51N13. The van der Waals surface area contributed by atoms with E-state index in [2.05, 4.69) is 302 Å². The summed E-state index contributed by atoms with van der Waals surface area (Å²) in [7, 11) is 0. The zero-order valence-electron chi connectivity index (χ0n) is 51.8. The third-order valence-electron chi connectivity index (χ3n) is 19.8. The molecule has 97 heavy (non-hydrogen) atoms. The molecule has 0 unspecified atom stereocenters. The van der Waals surface area contributed by atoms with E-state index in [9.17, 15) is 0 Å². The minimum Gasteiger partial charge on any atom is -0.310 e. The number of nitrogens with zero attached hydrogens (tertiary/aromatic N) is 13. The molecule has 0 saturated carbocycles. The molecule has 0 aliphatic heterocycles. The first kappa shape index (κ1) is 53.0. The van der Waals surface area contributed by atoms with E-state index < -0.39 is 0 Å². The molecule has 13 nitrogen and oxygen atoms in total. The van der Waals surface area contributed by atoms with Gasteiger partial charge in [0, 0.05) is 136 Å². The van der Waals surface area contributed by atoms with Crippen molar-refractivity contribution in [3.05, 3.63) is 311 Å². The highest BCUT2D eigenvalue weighted by Crippen LogP contribution is 2.47. The number of fused-ring (bicyclic) bond motifs is 21. The van der Waals surface area contributed by atoms with Crippen molar-refractivity contribution in [1.29, 1.82) is 0 Å². The largest absolute Gasteiger partial charge is 0.310 e. The SMILES string of the molecule is c1ccc2c(c1)c1c(ccc3c4ccccc4n(-c4ccc(N(c5ccc(-n6c7ccccc7c7ccc8c(c9ccccc9n8-c8cnccn8)c76)cc5)c5ccc(-n6c7ccccc7c7ccc8c(c9ccccc9n8-c8cnccn8)c76)cc5)cc4)c31)n2-c1cnccn1. The van der Waals surface area contributed by atoms with E-state index in [1.165, 1.54) is 32.3 Å². The van der Waals surface area contributed by atoms with Crippen LogP contribution in [0.4, 0.5) is 17.1 Å². The summed E-state index contributed by atoms with van der Waals surface area (Å²) in [6.45, 7) is 0. The number of rotatable bonds is 9. The molecule has 9 aromatic heterocycles. The van der Waals surface area contributed by atoms with Crippen LogP contribution in [0.2, 0.25) is 0 Å². The summed E-state index contributed by atoms with van der Waals surface area (Å²) in [5.74, 6) is 2.31. The Morgan fingerprint density at radius 1 is 0.206 bits per heavy atom. The lowest BCUT2D eigenvalue weighted by Crippen LogP contribution is -2.10. The number of para-hydroxylation sites is 6. The van der Waals surface area contributed by atoms with Crippen molar-refractivity contribution in [3.8, 4) is 34.5 Å². The minimum absolute atomic E-state index is 0.770. The van der Waals surface area contributed by atoms with Gasteiger partial charge in [-0.15, -0.1) is 0 Å². The maximum absolute atomic E-state index is 4.82. The Kier molecular flexibility index (Phi) is 11.2. The van der Waals surface area contributed by atoms with Gasteiger partial charge in [-0.2, -0.15) is 0 Å². The summed E-state index contributed by atoms with van der Waals surface area (Å²) in [5, 5.41) is 14.0. The van der Waals surface area contributed by atoms with Gasteiger partial charge in [0.15, 0.2) is 17.5 Å². The van der Waals surface area contributed by atoms with Crippen molar-refractivity contribution < 1.29 is 0 Å². The van der Waals surface area contributed by atoms with E-state index in [0.717, 1.165) is 150 Å². The van der Waals surface area contributed by atoms with Crippen LogP contribution in [0.3, 0.4) is 0 Å². The van der Waals surface area contributed by atoms with Crippen LogP contribution in [0, 0.1) is 0 Å². The van der Waals surface area contributed by atoms with Gasteiger partial charge in [-0.1, -0.05) is 127 Å². The lowest BCUT2D eigenvalue weighted by molar-refractivity contribution is 1.04. The second-order valence-electron chi connectivity index (χ2n) is 24.8. The summed E-state index contributed by atoms with van der Waals surface area (Å²) in [4.78, 5) is 30.4.